The number of fused-ring (bicyclic) bond motifs is 1. The zero-order valence-corrected chi connectivity index (χ0v) is 17.5. The number of benzene rings is 1. The third-order valence-electron chi connectivity index (χ3n) is 4.41. The number of pyridine rings is 2. The van der Waals surface area contributed by atoms with Crippen LogP contribution >= 0.6 is 12.4 Å². The number of carbonyl (C=O) groups excluding carboxylic acids is 2. The molecule has 3 aromatic rings. The second kappa shape index (κ2) is 11.1. The number of urea groups is 1. The fourth-order valence-electron chi connectivity index (χ4n) is 3.04. The number of halogens is 1. The summed E-state index contributed by atoms with van der Waals surface area (Å²) in [5.41, 5.74) is 8.35. The molecule has 0 saturated heterocycles. The number of anilines is 1. The van der Waals surface area contributed by atoms with Crippen molar-refractivity contribution in [2.24, 2.45) is 5.73 Å². The third kappa shape index (κ3) is 5.65. The van der Waals surface area contributed by atoms with Crippen molar-refractivity contribution in [3.8, 4) is 11.1 Å². The second-order valence-electron chi connectivity index (χ2n) is 6.42. The number of aromatic nitrogens is 2. The van der Waals surface area contributed by atoms with Crippen molar-refractivity contribution in [3.63, 3.8) is 0 Å². The van der Waals surface area contributed by atoms with Crippen LogP contribution in [0.4, 0.5) is 10.6 Å². The lowest BCUT2D eigenvalue weighted by Crippen LogP contribution is -2.28. The van der Waals surface area contributed by atoms with E-state index in [4.69, 9.17) is 5.73 Å². The molecule has 5 N–H and O–H groups in total. The van der Waals surface area contributed by atoms with Crippen molar-refractivity contribution in [1.29, 1.82) is 0 Å². The average molecular weight is 429 g/mol. The molecule has 8 nitrogen and oxygen atoms in total. The van der Waals surface area contributed by atoms with Gasteiger partial charge in [-0.15, -0.1) is 12.4 Å². The topological polar surface area (TPSA) is 122 Å². The van der Waals surface area contributed by atoms with Gasteiger partial charge in [-0.3, -0.25) is 15.1 Å². The number of hydrogen-bond donors (Lipinski definition) is 4. The lowest BCUT2D eigenvalue weighted by atomic mass is 9.96. The molecule has 0 bridgehead atoms. The molecule has 0 aliphatic rings. The maximum atomic E-state index is 11.9. The van der Waals surface area contributed by atoms with E-state index in [0.29, 0.717) is 25.5 Å². The summed E-state index contributed by atoms with van der Waals surface area (Å²) in [6.45, 7) is 3.05. The Morgan fingerprint density at radius 3 is 2.53 bits per heavy atom. The average Bonchev–Trinajstić information content (AvgIpc) is 2.73. The highest BCUT2D eigenvalue weighted by Crippen LogP contribution is 2.31. The molecule has 0 aliphatic heterocycles. The van der Waals surface area contributed by atoms with E-state index in [-0.39, 0.29) is 30.8 Å². The molecule has 2 aromatic heterocycles. The van der Waals surface area contributed by atoms with Crippen LogP contribution in [-0.4, -0.2) is 35.0 Å². The van der Waals surface area contributed by atoms with Gasteiger partial charge in [-0.25, -0.2) is 9.78 Å². The number of nitrogens with two attached hydrogens (primary N) is 1. The van der Waals surface area contributed by atoms with Crippen LogP contribution in [-0.2, 0) is 11.3 Å². The molecular formula is C21H25ClN6O2. The Morgan fingerprint density at radius 1 is 1.07 bits per heavy atom. The van der Waals surface area contributed by atoms with Crippen molar-refractivity contribution in [2.45, 2.75) is 19.9 Å². The minimum Gasteiger partial charge on any atom is -0.352 e. The summed E-state index contributed by atoms with van der Waals surface area (Å²) in [6, 6.07) is 9.35. The van der Waals surface area contributed by atoms with Crippen LogP contribution in [0.25, 0.3) is 21.9 Å². The van der Waals surface area contributed by atoms with Crippen molar-refractivity contribution < 1.29 is 9.59 Å². The van der Waals surface area contributed by atoms with E-state index in [0.717, 1.165) is 27.5 Å². The quantitative estimate of drug-likeness (QED) is 0.461. The maximum Gasteiger partial charge on any atom is 0.320 e. The van der Waals surface area contributed by atoms with Crippen LogP contribution in [0, 0.1) is 0 Å². The predicted molar refractivity (Wildman–Crippen MR) is 120 cm³/mol. The van der Waals surface area contributed by atoms with Crippen molar-refractivity contribution in [2.75, 3.05) is 18.4 Å². The normalized spacial score (nSPS) is 10.2. The molecule has 3 amide bonds. The molecule has 0 saturated carbocycles. The van der Waals surface area contributed by atoms with Crippen LogP contribution in [0.1, 0.15) is 18.9 Å². The largest absolute Gasteiger partial charge is 0.352 e. The predicted octanol–water partition coefficient (Wildman–Crippen LogP) is 2.83. The van der Waals surface area contributed by atoms with Gasteiger partial charge < -0.3 is 16.4 Å². The van der Waals surface area contributed by atoms with E-state index in [1.165, 1.54) is 0 Å². The van der Waals surface area contributed by atoms with Crippen LogP contribution in [0.5, 0.6) is 0 Å². The minimum absolute atomic E-state index is 0. The monoisotopic (exact) mass is 428 g/mol. The number of carbonyl (C=O) groups is 2. The summed E-state index contributed by atoms with van der Waals surface area (Å²) < 4.78 is 0. The summed E-state index contributed by atoms with van der Waals surface area (Å²) in [7, 11) is 0. The lowest BCUT2D eigenvalue weighted by molar-refractivity contribution is -0.121. The SMILES string of the molecule is CCNC(=O)Nc1cc2c(-c3ccncc3)ccc(CNC(=O)CCN)c2cn1.Cl. The van der Waals surface area contributed by atoms with E-state index in [1.54, 1.807) is 18.6 Å². The number of rotatable bonds is 7. The fraction of sp³-hybridized carbons (Fsp3) is 0.238. The zero-order chi connectivity index (χ0) is 20.6. The second-order valence-corrected chi connectivity index (χ2v) is 6.42. The van der Waals surface area contributed by atoms with Gasteiger partial charge >= 0.3 is 6.03 Å². The Morgan fingerprint density at radius 2 is 1.83 bits per heavy atom. The number of amides is 3. The fourth-order valence-corrected chi connectivity index (χ4v) is 3.04. The van der Waals surface area contributed by atoms with Gasteiger partial charge in [0, 0.05) is 50.0 Å². The Labute approximate surface area is 181 Å². The highest BCUT2D eigenvalue weighted by atomic mass is 35.5. The van der Waals surface area contributed by atoms with E-state index < -0.39 is 0 Å². The summed E-state index contributed by atoms with van der Waals surface area (Å²) >= 11 is 0. The standard InChI is InChI=1S/C21H24N6O2.ClH/c1-2-24-21(29)27-19-11-17-16(14-6-9-23-10-7-14)4-3-15(18(17)13-25-19)12-26-20(28)5-8-22;/h3-4,6-7,9-11,13H,2,5,8,12,22H2,1H3,(H,26,28)(H2,24,25,27,29);1H. The van der Waals surface area contributed by atoms with E-state index in [1.807, 2.05) is 37.3 Å². The van der Waals surface area contributed by atoms with E-state index >= 15 is 0 Å². The van der Waals surface area contributed by atoms with Crippen LogP contribution < -0.4 is 21.7 Å². The van der Waals surface area contributed by atoms with Gasteiger partial charge in [0.05, 0.1) is 0 Å². The lowest BCUT2D eigenvalue weighted by Gasteiger charge is -2.14. The first-order chi connectivity index (χ1) is 14.1. The van der Waals surface area contributed by atoms with Gasteiger partial charge in [0.25, 0.3) is 0 Å². The molecule has 0 fully saturated rings. The smallest absolute Gasteiger partial charge is 0.320 e. The molecule has 1 aromatic carbocycles. The summed E-state index contributed by atoms with van der Waals surface area (Å²) in [6.07, 6.45) is 5.46. The zero-order valence-electron chi connectivity index (χ0n) is 16.6. The molecule has 0 unspecified atom stereocenters. The summed E-state index contributed by atoms with van der Waals surface area (Å²) in [5.74, 6) is 0.351. The molecule has 0 spiro atoms. The summed E-state index contributed by atoms with van der Waals surface area (Å²) in [4.78, 5) is 32.1. The number of nitrogens with zero attached hydrogens (tertiary/aromatic N) is 2. The molecule has 2 heterocycles. The molecule has 0 radical (unpaired) electrons. The first-order valence-electron chi connectivity index (χ1n) is 9.46. The Bertz CT molecular complexity index is 1010. The Hall–Kier alpha value is -3.23. The van der Waals surface area contributed by atoms with Crippen molar-refractivity contribution in [3.05, 3.63) is 54.5 Å². The van der Waals surface area contributed by atoms with Gasteiger partial charge in [0.2, 0.25) is 5.91 Å². The number of nitrogens with one attached hydrogen (secondary N) is 3. The van der Waals surface area contributed by atoms with Gasteiger partial charge in [-0.05, 0) is 47.2 Å². The third-order valence-corrected chi connectivity index (χ3v) is 4.41. The first-order valence-corrected chi connectivity index (χ1v) is 9.46. The van der Waals surface area contributed by atoms with E-state index in [9.17, 15) is 9.59 Å². The van der Waals surface area contributed by atoms with Gasteiger partial charge in [-0.2, -0.15) is 0 Å². The van der Waals surface area contributed by atoms with Gasteiger partial charge in [-0.1, -0.05) is 12.1 Å². The molecule has 3 rings (SSSR count). The highest BCUT2D eigenvalue weighted by Gasteiger charge is 2.12. The summed E-state index contributed by atoms with van der Waals surface area (Å²) in [5, 5.41) is 10.1. The van der Waals surface area contributed by atoms with Crippen LogP contribution in [0.15, 0.2) is 48.9 Å². The molecular weight excluding hydrogens is 404 g/mol. The van der Waals surface area contributed by atoms with Crippen molar-refractivity contribution >= 4 is 40.9 Å². The van der Waals surface area contributed by atoms with Crippen LogP contribution in [0.2, 0.25) is 0 Å². The van der Waals surface area contributed by atoms with Gasteiger partial charge in [0.15, 0.2) is 0 Å². The highest BCUT2D eigenvalue weighted by molar-refractivity contribution is 6.00. The molecule has 158 valence electrons. The Kier molecular flexibility index (Phi) is 8.52. The molecule has 0 aliphatic carbocycles. The molecule has 0 atom stereocenters. The first kappa shape index (κ1) is 23.1. The molecule has 30 heavy (non-hydrogen) atoms. The van der Waals surface area contributed by atoms with E-state index in [2.05, 4.69) is 25.9 Å². The minimum atomic E-state index is -0.310. The van der Waals surface area contributed by atoms with Gasteiger partial charge in [0.1, 0.15) is 5.82 Å². The van der Waals surface area contributed by atoms with Crippen molar-refractivity contribution in [1.82, 2.24) is 20.6 Å². The number of hydrogen-bond acceptors (Lipinski definition) is 5. The Balaban J connectivity index is 0.00000320. The molecule has 9 heteroatoms. The maximum absolute atomic E-state index is 11.9. The van der Waals surface area contributed by atoms with Crippen LogP contribution in [0.3, 0.4) is 0 Å².